The van der Waals surface area contributed by atoms with Gasteiger partial charge in [-0.25, -0.2) is 0 Å². The molecular formula is C15H28N2O4. The molecule has 0 saturated carbocycles. The SMILES string of the molecule is CCOC(=O)CN(CCOC)C(=O)CCC1CCCCN1. The van der Waals surface area contributed by atoms with Crippen LogP contribution in [0.25, 0.3) is 0 Å². The van der Waals surface area contributed by atoms with Gasteiger partial charge >= 0.3 is 5.97 Å². The van der Waals surface area contributed by atoms with E-state index in [4.69, 9.17) is 9.47 Å². The summed E-state index contributed by atoms with van der Waals surface area (Å²) in [5.41, 5.74) is 0. The van der Waals surface area contributed by atoms with Gasteiger partial charge < -0.3 is 19.7 Å². The molecule has 1 rings (SSSR count). The molecule has 1 heterocycles. The number of piperidine rings is 1. The molecule has 1 fully saturated rings. The zero-order chi connectivity index (χ0) is 15.5. The Morgan fingerprint density at radius 1 is 1.33 bits per heavy atom. The van der Waals surface area contributed by atoms with Crippen LogP contribution in [0.4, 0.5) is 0 Å². The summed E-state index contributed by atoms with van der Waals surface area (Å²) in [6.07, 6.45) is 4.85. The number of hydrogen-bond donors (Lipinski definition) is 1. The van der Waals surface area contributed by atoms with Gasteiger partial charge in [-0.05, 0) is 32.7 Å². The summed E-state index contributed by atoms with van der Waals surface area (Å²) >= 11 is 0. The van der Waals surface area contributed by atoms with Gasteiger partial charge in [-0.3, -0.25) is 9.59 Å². The number of methoxy groups -OCH3 is 1. The molecule has 1 saturated heterocycles. The molecule has 0 aromatic rings. The molecule has 0 bridgehead atoms. The van der Waals surface area contributed by atoms with Crippen LogP contribution in [0.1, 0.15) is 39.0 Å². The molecule has 1 aliphatic heterocycles. The van der Waals surface area contributed by atoms with Crippen molar-refractivity contribution < 1.29 is 19.1 Å². The molecule has 0 radical (unpaired) electrons. The first-order chi connectivity index (χ1) is 10.2. The summed E-state index contributed by atoms with van der Waals surface area (Å²) in [6.45, 7) is 3.98. The summed E-state index contributed by atoms with van der Waals surface area (Å²) in [6, 6.07) is 0.426. The van der Waals surface area contributed by atoms with Crippen LogP contribution in [-0.4, -0.2) is 62.8 Å². The first kappa shape index (κ1) is 17.9. The maximum atomic E-state index is 12.3. The van der Waals surface area contributed by atoms with E-state index in [1.807, 2.05) is 0 Å². The van der Waals surface area contributed by atoms with Crippen molar-refractivity contribution in [3.63, 3.8) is 0 Å². The third kappa shape index (κ3) is 7.43. The monoisotopic (exact) mass is 300 g/mol. The van der Waals surface area contributed by atoms with Crippen LogP contribution in [0.5, 0.6) is 0 Å². The van der Waals surface area contributed by atoms with Crippen molar-refractivity contribution in [1.29, 1.82) is 0 Å². The van der Waals surface area contributed by atoms with Gasteiger partial charge in [-0.2, -0.15) is 0 Å². The maximum Gasteiger partial charge on any atom is 0.325 e. The Balaban J connectivity index is 2.39. The van der Waals surface area contributed by atoms with Crippen LogP contribution in [0, 0.1) is 0 Å². The van der Waals surface area contributed by atoms with Crippen LogP contribution in [-0.2, 0) is 19.1 Å². The topological polar surface area (TPSA) is 67.9 Å². The summed E-state index contributed by atoms with van der Waals surface area (Å²) in [5, 5.41) is 3.43. The highest BCUT2D eigenvalue weighted by Crippen LogP contribution is 2.12. The van der Waals surface area contributed by atoms with Gasteiger partial charge in [0.25, 0.3) is 0 Å². The second-order valence-corrected chi connectivity index (χ2v) is 5.30. The predicted molar refractivity (Wildman–Crippen MR) is 80.0 cm³/mol. The van der Waals surface area contributed by atoms with E-state index >= 15 is 0 Å². The van der Waals surface area contributed by atoms with Crippen LogP contribution in [0.2, 0.25) is 0 Å². The lowest BCUT2D eigenvalue weighted by atomic mass is 10.0. The number of carbonyl (C=O) groups excluding carboxylic acids is 2. The summed E-state index contributed by atoms with van der Waals surface area (Å²) in [4.78, 5) is 25.4. The van der Waals surface area contributed by atoms with E-state index in [1.165, 1.54) is 17.7 Å². The zero-order valence-corrected chi connectivity index (χ0v) is 13.2. The lowest BCUT2D eigenvalue weighted by molar-refractivity contribution is -0.149. The number of ether oxygens (including phenoxy) is 2. The van der Waals surface area contributed by atoms with Crippen molar-refractivity contribution in [3.05, 3.63) is 0 Å². The van der Waals surface area contributed by atoms with E-state index in [0.29, 0.717) is 32.2 Å². The van der Waals surface area contributed by atoms with Gasteiger partial charge in [0, 0.05) is 26.1 Å². The number of carbonyl (C=O) groups is 2. The van der Waals surface area contributed by atoms with Gasteiger partial charge in [0.15, 0.2) is 0 Å². The lowest BCUT2D eigenvalue weighted by Gasteiger charge is -2.25. The fraction of sp³-hybridized carbons (Fsp3) is 0.867. The van der Waals surface area contributed by atoms with Gasteiger partial charge in [-0.15, -0.1) is 0 Å². The number of nitrogens with one attached hydrogen (secondary N) is 1. The molecule has 1 N–H and O–H groups in total. The van der Waals surface area contributed by atoms with E-state index in [-0.39, 0.29) is 18.4 Å². The Morgan fingerprint density at radius 3 is 2.76 bits per heavy atom. The van der Waals surface area contributed by atoms with Crippen molar-refractivity contribution >= 4 is 11.9 Å². The van der Waals surface area contributed by atoms with Crippen molar-refractivity contribution in [2.45, 2.75) is 45.1 Å². The van der Waals surface area contributed by atoms with E-state index in [0.717, 1.165) is 19.4 Å². The normalized spacial score (nSPS) is 18.3. The third-order valence-electron chi connectivity index (χ3n) is 3.66. The van der Waals surface area contributed by atoms with E-state index in [2.05, 4.69) is 5.32 Å². The Morgan fingerprint density at radius 2 is 2.14 bits per heavy atom. The molecule has 122 valence electrons. The number of esters is 1. The van der Waals surface area contributed by atoms with Crippen LogP contribution in [0.15, 0.2) is 0 Å². The third-order valence-corrected chi connectivity index (χ3v) is 3.66. The highest BCUT2D eigenvalue weighted by Gasteiger charge is 2.20. The highest BCUT2D eigenvalue weighted by atomic mass is 16.5. The van der Waals surface area contributed by atoms with Crippen molar-refractivity contribution in [2.75, 3.05) is 40.0 Å². The van der Waals surface area contributed by atoms with Gasteiger partial charge in [0.05, 0.1) is 13.2 Å². The Labute approximate surface area is 127 Å². The van der Waals surface area contributed by atoms with Gasteiger partial charge in [0.2, 0.25) is 5.91 Å². The molecule has 0 aliphatic carbocycles. The molecule has 1 amide bonds. The number of nitrogens with zero attached hydrogens (tertiary/aromatic N) is 1. The smallest absolute Gasteiger partial charge is 0.325 e. The van der Waals surface area contributed by atoms with Crippen molar-refractivity contribution in [1.82, 2.24) is 10.2 Å². The molecule has 0 aromatic carbocycles. The minimum atomic E-state index is -0.363. The minimum absolute atomic E-state index is 0.00697. The zero-order valence-electron chi connectivity index (χ0n) is 13.2. The van der Waals surface area contributed by atoms with Gasteiger partial charge in [-0.1, -0.05) is 6.42 Å². The fourth-order valence-electron chi connectivity index (χ4n) is 2.48. The Hall–Kier alpha value is -1.14. The maximum absolute atomic E-state index is 12.3. The first-order valence-electron chi connectivity index (χ1n) is 7.83. The summed E-state index contributed by atoms with van der Waals surface area (Å²) in [5.74, 6) is -0.370. The number of hydrogen-bond acceptors (Lipinski definition) is 5. The van der Waals surface area contributed by atoms with Crippen LogP contribution >= 0.6 is 0 Å². The van der Waals surface area contributed by atoms with E-state index in [9.17, 15) is 9.59 Å². The second kappa shape index (κ2) is 10.6. The molecule has 1 atom stereocenters. The molecule has 6 heteroatoms. The minimum Gasteiger partial charge on any atom is -0.465 e. The summed E-state index contributed by atoms with van der Waals surface area (Å²) < 4.78 is 9.91. The summed E-state index contributed by atoms with van der Waals surface area (Å²) in [7, 11) is 1.58. The fourth-order valence-corrected chi connectivity index (χ4v) is 2.48. The van der Waals surface area contributed by atoms with Crippen LogP contribution in [0.3, 0.4) is 0 Å². The molecule has 0 aromatic heterocycles. The molecule has 1 aliphatic rings. The largest absolute Gasteiger partial charge is 0.465 e. The van der Waals surface area contributed by atoms with Gasteiger partial charge in [0.1, 0.15) is 6.54 Å². The molecular weight excluding hydrogens is 272 g/mol. The average Bonchev–Trinajstić information content (AvgIpc) is 2.50. The van der Waals surface area contributed by atoms with E-state index in [1.54, 1.807) is 14.0 Å². The quantitative estimate of drug-likeness (QED) is 0.642. The van der Waals surface area contributed by atoms with E-state index < -0.39 is 0 Å². The van der Waals surface area contributed by atoms with Crippen LogP contribution < -0.4 is 5.32 Å². The molecule has 6 nitrogen and oxygen atoms in total. The number of rotatable bonds is 9. The standard InChI is InChI=1S/C15H28N2O4/c1-3-21-15(19)12-17(10-11-20-2)14(18)8-7-13-6-4-5-9-16-13/h13,16H,3-12H2,1-2H3. The average molecular weight is 300 g/mol. The molecule has 1 unspecified atom stereocenters. The first-order valence-corrected chi connectivity index (χ1v) is 7.83. The highest BCUT2D eigenvalue weighted by molar-refractivity contribution is 5.82. The van der Waals surface area contributed by atoms with Crippen molar-refractivity contribution in [2.24, 2.45) is 0 Å². The lowest BCUT2D eigenvalue weighted by Crippen LogP contribution is -2.40. The number of amides is 1. The van der Waals surface area contributed by atoms with Crippen molar-refractivity contribution in [3.8, 4) is 0 Å². The molecule has 21 heavy (non-hydrogen) atoms. The Kier molecular flexibility index (Phi) is 9.01. The Bertz CT molecular complexity index is 317. The molecule has 0 spiro atoms. The second-order valence-electron chi connectivity index (χ2n) is 5.30. The predicted octanol–water partition coefficient (Wildman–Crippen LogP) is 0.947.